The number of allylic oxidation sites excluding steroid dienone is 2. The van der Waals surface area contributed by atoms with Gasteiger partial charge in [-0.1, -0.05) is 30.4 Å². The van der Waals surface area contributed by atoms with Gasteiger partial charge in [0.05, 0.1) is 39.1 Å². The highest BCUT2D eigenvalue weighted by molar-refractivity contribution is 5.98. The van der Waals surface area contributed by atoms with E-state index in [1.807, 2.05) is 42.5 Å². The van der Waals surface area contributed by atoms with Gasteiger partial charge in [-0.3, -0.25) is 4.79 Å². The van der Waals surface area contributed by atoms with Crippen molar-refractivity contribution < 1.29 is 19.0 Å². The van der Waals surface area contributed by atoms with E-state index in [9.17, 15) is 4.79 Å². The van der Waals surface area contributed by atoms with E-state index < -0.39 is 0 Å². The Balaban J connectivity index is 1.95. The van der Waals surface area contributed by atoms with Gasteiger partial charge in [-0.2, -0.15) is 5.26 Å². The van der Waals surface area contributed by atoms with Gasteiger partial charge < -0.3 is 19.1 Å². The number of hydrogen-bond acceptors (Lipinski definition) is 5. The van der Waals surface area contributed by atoms with Gasteiger partial charge in [-0.15, -0.1) is 0 Å². The molecule has 0 aliphatic carbocycles. The molecule has 154 valence electrons. The molecule has 1 saturated heterocycles. The van der Waals surface area contributed by atoms with Gasteiger partial charge in [0.2, 0.25) is 5.91 Å². The number of rotatable bonds is 6. The molecular weight excluding hydrogens is 380 g/mol. The van der Waals surface area contributed by atoms with Crippen LogP contribution in [0.4, 0.5) is 0 Å². The third kappa shape index (κ3) is 5.28. The smallest absolute Gasteiger partial charge is 0.247 e. The Morgan fingerprint density at radius 3 is 2.40 bits per heavy atom. The Morgan fingerprint density at radius 1 is 1.07 bits per heavy atom. The molecule has 0 atom stereocenters. The van der Waals surface area contributed by atoms with Crippen molar-refractivity contribution in [2.45, 2.75) is 0 Å². The fourth-order valence-corrected chi connectivity index (χ4v) is 3.11. The summed E-state index contributed by atoms with van der Waals surface area (Å²) in [6.07, 6.45) is 5.43. The van der Waals surface area contributed by atoms with E-state index in [0.29, 0.717) is 43.4 Å². The lowest BCUT2D eigenvalue weighted by molar-refractivity contribution is -0.129. The first kappa shape index (κ1) is 21.2. The number of carbonyl (C=O) groups is 1. The van der Waals surface area contributed by atoms with Crippen LogP contribution in [0.5, 0.6) is 11.5 Å². The molecule has 0 spiro atoms. The molecule has 0 bridgehead atoms. The topological polar surface area (TPSA) is 71.8 Å². The van der Waals surface area contributed by atoms with Crippen LogP contribution in [0, 0.1) is 11.3 Å². The molecule has 1 amide bonds. The van der Waals surface area contributed by atoms with E-state index >= 15 is 0 Å². The normalized spacial score (nSPS) is 14.4. The van der Waals surface area contributed by atoms with Gasteiger partial charge in [0.15, 0.2) is 11.5 Å². The number of hydrogen-bond donors (Lipinski definition) is 0. The van der Waals surface area contributed by atoms with E-state index in [1.54, 1.807) is 37.3 Å². The lowest BCUT2D eigenvalue weighted by Crippen LogP contribution is -2.39. The molecule has 1 fully saturated rings. The fourth-order valence-electron chi connectivity index (χ4n) is 3.11. The van der Waals surface area contributed by atoms with Crippen LogP contribution in [0.25, 0.3) is 11.6 Å². The van der Waals surface area contributed by atoms with E-state index in [4.69, 9.17) is 19.5 Å². The zero-order chi connectivity index (χ0) is 21.3. The van der Waals surface area contributed by atoms with Crippen molar-refractivity contribution in [3.8, 4) is 17.6 Å². The first-order valence-corrected chi connectivity index (χ1v) is 9.63. The summed E-state index contributed by atoms with van der Waals surface area (Å²) in [6, 6.07) is 14.9. The zero-order valence-electron chi connectivity index (χ0n) is 17.1. The Hall–Kier alpha value is -3.56. The van der Waals surface area contributed by atoms with Crippen LogP contribution in [0.3, 0.4) is 0 Å². The van der Waals surface area contributed by atoms with Crippen molar-refractivity contribution in [3.05, 3.63) is 71.3 Å². The number of methoxy groups -OCH3 is 2. The Bertz CT molecular complexity index is 981. The molecule has 3 rings (SSSR count). The van der Waals surface area contributed by atoms with Crippen LogP contribution in [-0.2, 0) is 9.53 Å². The number of amides is 1. The third-order valence-electron chi connectivity index (χ3n) is 4.81. The minimum atomic E-state index is -0.0624. The van der Waals surface area contributed by atoms with Gasteiger partial charge >= 0.3 is 0 Å². The molecule has 0 aromatic heterocycles. The van der Waals surface area contributed by atoms with Crippen molar-refractivity contribution in [2.75, 3.05) is 40.5 Å². The van der Waals surface area contributed by atoms with Gasteiger partial charge in [-0.25, -0.2) is 0 Å². The monoisotopic (exact) mass is 404 g/mol. The van der Waals surface area contributed by atoms with Gasteiger partial charge in [0, 0.05) is 19.2 Å². The lowest BCUT2D eigenvalue weighted by Gasteiger charge is -2.26. The van der Waals surface area contributed by atoms with Gasteiger partial charge in [0.1, 0.15) is 0 Å². The molecule has 0 unspecified atom stereocenters. The molecule has 1 aliphatic rings. The molecule has 6 nitrogen and oxygen atoms in total. The first-order valence-electron chi connectivity index (χ1n) is 9.63. The summed E-state index contributed by atoms with van der Waals surface area (Å²) in [4.78, 5) is 14.6. The summed E-state index contributed by atoms with van der Waals surface area (Å²) in [7, 11) is 3.16. The molecule has 1 heterocycles. The number of ether oxygens (including phenoxy) is 3. The van der Waals surface area contributed by atoms with Crippen molar-refractivity contribution in [2.24, 2.45) is 0 Å². The van der Waals surface area contributed by atoms with Crippen molar-refractivity contribution in [1.82, 2.24) is 4.90 Å². The summed E-state index contributed by atoms with van der Waals surface area (Å²) in [5, 5.41) is 8.96. The quantitative estimate of drug-likeness (QED) is 0.544. The van der Waals surface area contributed by atoms with Crippen LogP contribution < -0.4 is 9.47 Å². The highest BCUT2D eigenvalue weighted by Crippen LogP contribution is 2.31. The number of nitrogens with zero attached hydrogens (tertiary/aromatic N) is 2. The van der Waals surface area contributed by atoms with E-state index in [1.165, 1.54) is 0 Å². The number of morpholine rings is 1. The Morgan fingerprint density at radius 2 is 1.77 bits per heavy atom. The van der Waals surface area contributed by atoms with E-state index in [-0.39, 0.29) is 5.91 Å². The standard InChI is InChI=1S/C24H24N2O4/c1-28-22-10-9-20(15-23(22)29-2)21(16-24(27)26-11-13-30-14-12-26)8-7-18-3-5-19(17-25)6-4-18/h3-10,15-16H,11-14H2,1-2H3/b8-7+,21-16-. The van der Waals surface area contributed by atoms with Gasteiger partial charge in [0.25, 0.3) is 0 Å². The van der Waals surface area contributed by atoms with Crippen LogP contribution in [-0.4, -0.2) is 51.3 Å². The minimum absolute atomic E-state index is 0.0624. The largest absolute Gasteiger partial charge is 0.493 e. The van der Waals surface area contributed by atoms with E-state index in [2.05, 4.69) is 6.07 Å². The molecule has 2 aromatic rings. The minimum Gasteiger partial charge on any atom is -0.493 e. The molecule has 2 aromatic carbocycles. The second kappa shape index (κ2) is 10.3. The number of benzene rings is 2. The fraction of sp³-hybridized carbons (Fsp3) is 0.250. The van der Waals surface area contributed by atoms with Crippen LogP contribution in [0.1, 0.15) is 16.7 Å². The molecule has 1 aliphatic heterocycles. The second-order valence-corrected chi connectivity index (χ2v) is 6.67. The maximum absolute atomic E-state index is 12.8. The average Bonchev–Trinajstić information content (AvgIpc) is 2.82. The lowest BCUT2D eigenvalue weighted by atomic mass is 10.0. The molecule has 30 heavy (non-hydrogen) atoms. The van der Waals surface area contributed by atoms with Gasteiger partial charge in [-0.05, 0) is 41.0 Å². The molecule has 0 N–H and O–H groups in total. The zero-order valence-corrected chi connectivity index (χ0v) is 17.1. The molecule has 0 saturated carbocycles. The summed E-state index contributed by atoms with van der Waals surface area (Å²) >= 11 is 0. The maximum Gasteiger partial charge on any atom is 0.247 e. The number of nitriles is 1. The number of carbonyl (C=O) groups excluding carboxylic acids is 1. The molecular formula is C24H24N2O4. The predicted octanol–water partition coefficient (Wildman–Crippen LogP) is 3.53. The summed E-state index contributed by atoms with van der Waals surface area (Å²) in [5.74, 6) is 1.15. The summed E-state index contributed by atoms with van der Waals surface area (Å²) in [5.41, 5.74) is 3.11. The van der Waals surface area contributed by atoms with Crippen LogP contribution in [0.15, 0.2) is 54.6 Å². The van der Waals surface area contributed by atoms with Crippen LogP contribution >= 0.6 is 0 Å². The Labute approximate surface area is 176 Å². The summed E-state index contributed by atoms with van der Waals surface area (Å²) < 4.78 is 16.1. The van der Waals surface area contributed by atoms with E-state index in [0.717, 1.165) is 16.7 Å². The van der Waals surface area contributed by atoms with Crippen molar-refractivity contribution >= 4 is 17.6 Å². The second-order valence-electron chi connectivity index (χ2n) is 6.67. The highest BCUT2D eigenvalue weighted by Gasteiger charge is 2.16. The third-order valence-corrected chi connectivity index (χ3v) is 4.81. The Kier molecular flexibility index (Phi) is 7.25. The SMILES string of the molecule is COc1ccc(C(=C\C(=O)N2CCOCC2)/C=C/c2ccc(C#N)cc2)cc1OC. The molecule has 0 radical (unpaired) electrons. The average molecular weight is 404 g/mol. The maximum atomic E-state index is 12.8. The predicted molar refractivity (Wildman–Crippen MR) is 115 cm³/mol. The summed E-state index contributed by atoms with van der Waals surface area (Å²) in [6.45, 7) is 2.25. The van der Waals surface area contributed by atoms with Crippen molar-refractivity contribution in [3.63, 3.8) is 0 Å². The highest BCUT2D eigenvalue weighted by atomic mass is 16.5. The van der Waals surface area contributed by atoms with Crippen molar-refractivity contribution in [1.29, 1.82) is 5.26 Å². The first-order chi connectivity index (χ1) is 14.6. The molecule has 6 heteroatoms. The van der Waals surface area contributed by atoms with Crippen LogP contribution in [0.2, 0.25) is 0 Å².